The molecule has 3 heterocycles. The Morgan fingerprint density at radius 2 is 2.04 bits per heavy atom. The number of carboxylic acids is 1. The van der Waals surface area contributed by atoms with Crippen molar-refractivity contribution < 1.29 is 49.4 Å². The molecular formula is C15H15N2NaO4S. The predicted molar refractivity (Wildman–Crippen MR) is 77.2 cm³/mol. The fraction of sp³-hybridized carbons (Fsp3) is 0.400. The van der Waals surface area contributed by atoms with Gasteiger partial charge in [-0.25, -0.2) is 0 Å². The van der Waals surface area contributed by atoms with Crippen LogP contribution in [0.3, 0.4) is 0 Å². The summed E-state index contributed by atoms with van der Waals surface area (Å²) in [6, 6.07) is 3.23. The van der Waals surface area contributed by atoms with E-state index in [1.54, 1.807) is 38.4 Å². The van der Waals surface area contributed by atoms with E-state index in [4.69, 9.17) is 0 Å². The molecule has 116 valence electrons. The van der Waals surface area contributed by atoms with Gasteiger partial charge in [0, 0.05) is 28.6 Å². The summed E-state index contributed by atoms with van der Waals surface area (Å²) >= 11 is 1.29. The maximum Gasteiger partial charge on any atom is 1.00 e. The van der Waals surface area contributed by atoms with Gasteiger partial charge in [-0.3, -0.25) is 9.78 Å². The van der Waals surface area contributed by atoms with E-state index < -0.39 is 17.5 Å². The van der Waals surface area contributed by atoms with Crippen LogP contribution in [0.5, 0.6) is 0 Å². The third kappa shape index (κ3) is 3.21. The second-order valence-electron chi connectivity index (χ2n) is 5.96. The van der Waals surface area contributed by atoms with Gasteiger partial charge in [0.15, 0.2) is 0 Å². The Morgan fingerprint density at radius 1 is 1.43 bits per heavy atom. The third-order valence-corrected chi connectivity index (χ3v) is 5.08. The van der Waals surface area contributed by atoms with Gasteiger partial charge >= 0.3 is 29.6 Å². The molecule has 1 saturated heterocycles. The zero-order chi connectivity index (χ0) is 16.1. The van der Waals surface area contributed by atoms with Gasteiger partial charge in [0.25, 0.3) is 0 Å². The fourth-order valence-electron chi connectivity index (χ4n) is 3.07. The van der Waals surface area contributed by atoms with Crippen molar-refractivity contribution in [2.75, 3.05) is 0 Å². The summed E-state index contributed by atoms with van der Waals surface area (Å²) in [6.07, 6.45) is 3.66. The van der Waals surface area contributed by atoms with Crippen LogP contribution >= 0.6 is 11.8 Å². The number of aromatic nitrogens is 1. The van der Waals surface area contributed by atoms with Gasteiger partial charge < -0.3 is 19.9 Å². The summed E-state index contributed by atoms with van der Waals surface area (Å²) in [7, 11) is 0. The second kappa shape index (κ2) is 6.57. The first-order chi connectivity index (χ1) is 10.3. The Bertz CT molecular complexity index is 672. The minimum Gasteiger partial charge on any atom is -0.543 e. The van der Waals surface area contributed by atoms with Gasteiger partial charge in [-0.05, 0) is 26.0 Å². The molecular weight excluding hydrogens is 327 g/mol. The average molecular weight is 342 g/mol. The Morgan fingerprint density at radius 3 is 2.57 bits per heavy atom. The number of carbonyl (C=O) groups is 2. The van der Waals surface area contributed by atoms with Crippen LogP contribution in [0.1, 0.15) is 20.3 Å². The molecule has 0 bridgehead atoms. The number of fused-ring (bicyclic) bond motifs is 1. The van der Waals surface area contributed by atoms with E-state index in [9.17, 15) is 19.8 Å². The predicted octanol–water partition coefficient (Wildman–Crippen LogP) is -2.86. The molecule has 1 aromatic rings. The van der Waals surface area contributed by atoms with Gasteiger partial charge in [0.2, 0.25) is 5.91 Å². The van der Waals surface area contributed by atoms with Crippen LogP contribution in [0, 0.1) is 5.92 Å². The van der Waals surface area contributed by atoms with Crippen LogP contribution in [0.25, 0.3) is 0 Å². The summed E-state index contributed by atoms with van der Waals surface area (Å²) in [5.74, 6) is -2.30. The molecule has 0 unspecified atom stereocenters. The molecule has 2 atom stereocenters. The van der Waals surface area contributed by atoms with Gasteiger partial charge in [-0.2, -0.15) is 0 Å². The van der Waals surface area contributed by atoms with Crippen LogP contribution in [0.2, 0.25) is 0 Å². The normalized spacial score (nSPS) is 23.3. The molecule has 0 radical (unpaired) electrons. The minimum atomic E-state index is -1.36. The van der Waals surface area contributed by atoms with Crippen molar-refractivity contribution in [1.82, 2.24) is 9.88 Å². The monoisotopic (exact) mass is 342 g/mol. The summed E-state index contributed by atoms with van der Waals surface area (Å²) in [5.41, 5.74) is -1.25. The maximum absolute atomic E-state index is 12.2. The van der Waals surface area contributed by atoms with Crippen molar-refractivity contribution in [1.29, 1.82) is 0 Å². The molecule has 0 saturated carbocycles. The Labute approximate surface area is 160 Å². The first-order valence-corrected chi connectivity index (χ1v) is 7.70. The van der Waals surface area contributed by atoms with E-state index in [2.05, 4.69) is 4.98 Å². The number of nitrogens with zero attached hydrogens (tertiary/aromatic N) is 2. The molecule has 0 spiro atoms. The largest absolute Gasteiger partial charge is 1.00 e. The molecule has 3 rings (SSSR count). The first-order valence-electron chi connectivity index (χ1n) is 6.88. The molecule has 0 aromatic carbocycles. The van der Waals surface area contributed by atoms with Crippen LogP contribution in [0.4, 0.5) is 0 Å². The van der Waals surface area contributed by atoms with E-state index in [1.807, 2.05) is 0 Å². The van der Waals surface area contributed by atoms with Crippen LogP contribution in [-0.4, -0.2) is 38.5 Å². The van der Waals surface area contributed by atoms with Gasteiger partial charge in [-0.15, -0.1) is 0 Å². The molecule has 1 fully saturated rings. The van der Waals surface area contributed by atoms with Crippen LogP contribution < -0.4 is 34.7 Å². The molecule has 1 amide bonds. The quantitative estimate of drug-likeness (QED) is 0.467. The SMILES string of the molecule is CC(C)(O)[C@@H]1C(=O)N2C(C(=O)[O-])=C(Sc3ccncc3)C[C@H]12.[Na+]. The van der Waals surface area contributed by atoms with Gasteiger partial charge in [0.05, 0.1) is 29.2 Å². The number of thioether (sulfide) groups is 1. The molecule has 1 N–H and O–H groups in total. The number of β-lactam (4-membered cyclic amide) rings is 1. The molecule has 1 aromatic heterocycles. The fourth-order valence-corrected chi connectivity index (χ4v) is 4.15. The Hall–Kier alpha value is -0.860. The van der Waals surface area contributed by atoms with Crippen molar-refractivity contribution >= 4 is 23.6 Å². The Balaban J connectivity index is 0.00000192. The number of carboxylic acid groups (broad SMARTS) is 1. The molecule has 2 aliphatic rings. The molecule has 8 heteroatoms. The van der Waals surface area contributed by atoms with E-state index in [0.29, 0.717) is 11.3 Å². The van der Waals surface area contributed by atoms with Crippen molar-refractivity contribution in [3.05, 3.63) is 35.1 Å². The van der Waals surface area contributed by atoms with E-state index in [0.717, 1.165) is 4.90 Å². The van der Waals surface area contributed by atoms with Gasteiger partial charge in [-0.1, -0.05) is 11.8 Å². The average Bonchev–Trinajstić information content (AvgIpc) is 2.72. The number of amides is 1. The second-order valence-corrected chi connectivity index (χ2v) is 7.12. The number of aliphatic hydroxyl groups is 1. The topological polar surface area (TPSA) is 93.6 Å². The standard InChI is InChI=1S/C15H16N2O4S.Na/c1-15(2,21)11-9-7-10(22-8-3-5-16-6-4-8)12(14(19)20)17(9)13(11)18;/h3-6,9,11,21H,7H2,1-2H3,(H,19,20);/q;+1/p-1/t9-,11+;/m1./s1. The van der Waals surface area contributed by atoms with Crippen molar-refractivity contribution in [2.24, 2.45) is 5.92 Å². The summed E-state index contributed by atoms with van der Waals surface area (Å²) in [6.45, 7) is 3.14. The molecule has 2 aliphatic heterocycles. The van der Waals surface area contributed by atoms with Crippen molar-refractivity contribution in [3.63, 3.8) is 0 Å². The zero-order valence-corrected chi connectivity index (χ0v) is 16.0. The minimum absolute atomic E-state index is 0. The smallest absolute Gasteiger partial charge is 0.543 e. The first kappa shape index (κ1) is 18.5. The third-order valence-electron chi connectivity index (χ3n) is 3.96. The number of rotatable bonds is 4. The van der Waals surface area contributed by atoms with Crippen LogP contribution in [-0.2, 0) is 9.59 Å². The summed E-state index contributed by atoms with van der Waals surface area (Å²) in [5, 5.41) is 21.6. The van der Waals surface area contributed by atoms with E-state index >= 15 is 0 Å². The van der Waals surface area contributed by atoms with E-state index in [-0.39, 0.29) is 47.2 Å². The molecule has 0 aliphatic carbocycles. The van der Waals surface area contributed by atoms with E-state index in [1.165, 1.54) is 16.7 Å². The molecule has 23 heavy (non-hydrogen) atoms. The summed E-state index contributed by atoms with van der Waals surface area (Å²) in [4.78, 5) is 30.3. The van der Waals surface area contributed by atoms with Crippen molar-refractivity contribution in [2.45, 2.75) is 36.8 Å². The zero-order valence-electron chi connectivity index (χ0n) is 13.1. The number of hydrogen-bond acceptors (Lipinski definition) is 6. The number of carbonyl (C=O) groups excluding carboxylic acids is 2. The Kier molecular flexibility index (Phi) is 5.27. The summed E-state index contributed by atoms with van der Waals surface area (Å²) < 4.78 is 0. The van der Waals surface area contributed by atoms with Gasteiger partial charge in [0.1, 0.15) is 0 Å². The molecule has 6 nitrogen and oxygen atoms in total. The van der Waals surface area contributed by atoms with Crippen LogP contribution in [0.15, 0.2) is 40.0 Å². The number of aliphatic carboxylic acids is 1. The maximum atomic E-state index is 12.2. The number of hydrogen-bond donors (Lipinski definition) is 1. The van der Waals surface area contributed by atoms with Crippen molar-refractivity contribution in [3.8, 4) is 0 Å². The number of pyridine rings is 1.